The number of ether oxygens (including phenoxy) is 1. The quantitative estimate of drug-likeness (QED) is 0.792. The van der Waals surface area contributed by atoms with Crippen molar-refractivity contribution < 1.29 is 13.2 Å². The normalized spacial score (nSPS) is 23.2. The molecule has 1 atom stereocenters. The van der Waals surface area contributed by atoms with Gasteiger partial charge in [0.1, 0.15) is 11.9 Å². The van der Waals surface area contributed by atoms with E-state index in [0.29, 0.717) is 6.42 Å². The first-order valence-electron chi connectivity index (χ1n) is 5.41. The molecule has 1 heterocycles. The Morgan fingerprint density at radius 2 is 2.06 bits per heavy atom. The largest absolute Gasteiger partial charge is 0.489 e. The van der Waals surface area contributed by atoms with E-state index < -0.39 is 9.84 Å². The average Bonchev–Trinajstić information content (AvgIpc) is 2.52. The van der Waals surface area contributed by atoms with Gasteiger partial charge in [-0.3, -0.25) is 0 Å². The van der Waals surface area contributed by atoms with Gasteiger partial charge < -0.3 is 4.74 Å². The Kier molecular flexibility index (Phi) is 2.93. The van der Waals surface area contributed by atoms with Crippen molar-refractivity contribution in [2.45, 2.75) is 26.4 Å². The van der Waals surface area contributed by atoms with E-state index in [0.717, 1.165) is 16.9 Å². The van der Waals surface area contributed by atoms with Gasteiger partial charge >= 0.3 is 0 Å². The summed E-state index contributed by atoms with van der Waals surface area (Å²) in [6, 6.07) is 5.97. The summed E-state index contributed by atoms with van der Waals surface area (Å²) in [6.45, 7) is 3.97. The van der Waals surface area contributed by atoms with Gasteiger partial charge in [-0.25, -0.2) is 8.42 Å². The van der Waals surface area contributed by atoms with Crippen LogP contribution in [0.1, 0.15) is 17.5 Å². The Bertz CT molecular complexity index is 491. The van der Waals surface area contributed by atoms with Gasteiger partial charge in [-0.2, -0.15) is 0 Å². The summed E-state index contributed by atoms with van der Waals surface area (Å²) in [5.74, 6) is 1.21. The summed E-state index contributed by atoms with van der Waals surface area (Å²) in [6.07, 6.45) is 0.431. The summed E-state index contributed by atoms with van der Waals surface area (Å²) in [5.41, 5.74) is 2.18. The summed E-state index contributed by atoms with van der Waals surface area (Å²) in [7, 11) is -2.86. The Labute approximate surface area is 96.4 Å². The molecular weight excluding hydrogens is 224 g/mol. The summed E-state index contributed by atoms with van der Waals surface area (Å²) in [5, 5.41) is 0. The van der Waals surface area contributed by atoms with Crippen LogP contribution in [0.25, 0.3) is 0 Å². The molecule has 0 radical (unpaired) electrons. The molecule has 0 N–H and O–H groups in total. The zero-order chi connectivity index (χ0) is 11.8. The fourth-order valence-electron chi connectivity index (χ4n) is 1.87. The molecule has 1 aliphatic heterocycles. The predicted octanol–water partition coefficient (Wildman–Crippen LogP) is 1.87. The molecular formula is C12H16O3S. The molecule has 0 saturated carbocycles. The highest BCUT2D eigenvalue weighted by atomic mass is 32.2. The first-order valence-corrected chi connectivity index (χ1v) is 7.23. The van der Waals surface area contributed by atoms with Gasteiger partial charge in [0.25, 0.3) is 0 Å². The lowest BCUT2D eigenvalue weighted by molar-refractivity contribution is 0.227. The number of rotatable bonds is 2. The summed E-state index contributed by atoms with van der Waals surface area (Å²) >= 11 is 0. The lowest BCUT2D eigenvalue weighted by Crippen LogP contribution is -2.18. The Balaban J connectivity index is 2.13. The van der Waals surface area contributed by atoms with Crippen molar-refractivity contribution in [3.8, 4) is 5.75 Å². The minimum atomic E-state index is -2.86. The highest BCUT2D eigenvalue weighted by molar-refractivity contribution is 7.91. The van der Waals surface area contributed by atoms with E-state index in [1.54, 1.807) is 0 Å². The van der Waals surface area contributed by atoms with Gasteiger partial charge in [-0.15, -0.1) is 0 Å². The van der Waals surface area contributed by atoms with E-state index in [-0.39, 0.29) is 17.6 Å². The van der Waals surface area contributed by atoms with Crippen LogP contribution in [0.2, 0.25) is 0 Å². The topological polar surface area (TPSA) is 43.4 Å². The molecule has 1 aliphatic rings. The maximum absolute atomic E-state index is 11.3. The van der Waals surface area contributed by atoms with Crippen molar-refractivity contribution in [1.82, 2.24) is 0 Å². The Morgan fingerprint density at radius 1 is 1.31 bits per heavy atom. The van der Waals surface area contributed by atoms with Crippen molar-refractivity contribution in [3.63, 3.8) is 0 Å². The number of benzene rings is 1. The van der Waals surface area contributed by atoms with E-state index >= 15 is 0 Å². The van der Waals surface area contributed by atoms with Crippen molar-refractivity contribution >= 4 is 9.84 Å². The maximum Gasteiger partial charge on any atom is 0.154 e. The van der Waals surface area contributed by atoms with Crippen LogP contribution >= 0.6 is 0 Å². The molecule has 1 fully saturated rings. The molecule has 0 bridgehead atoms. The zero-order valence-corrected chi connectivity index (χ0v) is 10.4. The Hall–Kier alpha value is -1.03. The van der Waals surface area contributed by atoms with Crippen LogP contribution in [0.4, 0.5) is 0 Å². The number of hydrogen-bond donors (Lipinski definition) is 0. The molecule has 1 aromatic carbocycles. The minimum absolute atomic E-state index is 0.153. The zero-order valence-electron chi connectivity index (χ0n) is 9.56. The lowest BCUT2D eigenvalue weighted by atomic mass is 10.1. The van der Waals surface area contributed by atoms with Crippen LogP contribution in [0.15, 0.2) is 18.2 Å². The van der Waals surface area contributed by atoms with Gasteiger partial charge in [-0.1, -0.05) is 12.1 Å². The third kappa shape index (κ3) is 2.55. The molecule has 1 unspecified atom stereocenters. The number of aryl methyl sites for hydroxylation is 2. The van der Waals surface area contributed by atoms with Gasteiger partial charge in [0, 0.05) is 0 Å². The first-order chi connectivity index (χ1) is 7.46. The van der Waals surface area contributed by atoms with Crippen molar-refractivity contribution in [2.24, 2.45) is 0 Å². The third-order valence-corrected chi connectivity index (χ3v) is 4.57. The second kappa shape index (κ2) is 4.09. The van der Waals surface area contributed by atoms with E-state index in [1.807, 2.05) is 32.0 Å². The van der Waals surface area contributed by atoms with Gasteiger partial charge in [-0.05, 0) is 37.5 Å². The molecule has 16 heavy (non-hydrogen) atoms. The van der Waals surface area contributed by atoms with Crippen LogP contribution < -0.4 is 4.74 Å². The van der Waals surface area contributed by atoms with Crippen LogP contribution in [0.5, 0.6) is 5.75 Å². The smallest absolute Gasteiger partial charge is 0.154 e. The molecule has 3 nitrogen and oxygen atoms in total. The highest BCUT2D eigenvalue weighted by Gasteiger charge is 2.29. The lowest BCUT2D eigenvalue weighted by Gasteiger charge is -2.14. The van der Waals surface area contributed by atoms with Gasteiger partial charge in [0.05, 0.1) is 11.5 Å². The van der Waals surface area contributed by atoms with Crippen LogP contribution in [-0.4, -0.2) is 26.0 Å². The highest BCUT2D eigenvalue weighted by Crippen LogP contribution is 2.24. The van der Waals surface area contributed by atoms with Crippen LogP contribution in [0, 0.1) is 13.8 Å². The minimum Gasteiger partial charge on any atom is -0.489 e. The first kappa shape index (κ1) is 11.5. The molecule has 0 spiro atoms. The van der Waals surface area contributed by atoms with E-state index in [1.165, 1.54) is 0 Å². The monoisotopic (exact) mass is 240 g/mol. The maximum atomic E-state index is 11.3. The fourth-order valence-corrected chi connectivity index (χ4v) is 3.46. The average molecular weight is 240 g/mol. The van der Waals surface area contributed by atoms with Crippen molar-refractivity contribution in [1.29, 1.82) is 0 Å². The van der Waals surface area contributed by atoms with Crippen molar-refractivity contribution in [2.75, 3.05) is 11.5 Å². The summed E-state index contributed by atoms with van der Waals surface area (Å²) < 4.78 is 28.3. The molecule has 1 aromatic rings. The predicted molar refractivity (Wildman–Crippen MR) is 63.6 cm³/mol. The van der Waals surface area contributed by atoms with Crippen LogP contribution in [-0.2, 0) is 9.84 Å². The molecule has 0 aliphatic carbocycles. The van der Waals surface area contributed by atoms with E-state index in [4.69, 9.17) is 4.74 Å². The van der Waals surface area contributed by atoms with E-state index in [9.17, 15) is 8.42 Å². The number of sulfone groups is 1. The number of hydrogen-bond acceptors (Lipinski definition) is 3. The van der Waals surface area contributed by atoms with Gasteiger partial charge in [0.15, 0.2) is 9.84 Å². The fraction of sp³-hybridized carbons (Fsp3) is 0.500. The second-order valence-corrected chi connectivity index (χ2v) is 6.64. The molecule has 88 valence electrons. The third-order valence-electron chi connectivity index (χ3n) is 2.83. The molecule has 1 saturated heterocycles. The second-order valence-electron chi connectivity index (χ2n) is 4.41. The van der Waals surface area contributed by atoms with Gasteiger partial charge in [0.2, 0.25) is 0 Å². The molecule has 0 aromatic heterocycles. The van der Waals surface area contributed by atoms with Crippen molar-refractivity contribution in [3.05, 3.63) is 29.3 Å². The standard InChI is InChI=1S/C12H16O3S/c1-9-3-4-10(2)12(7-9)15-11-5-6-16(13,14)8-11/h3-4,7,11H,5-6,8H2,1-2H3. The molecule has 4 heteroatoms. The van der Waals surface area contributed by atoms with Crippen LogP contribution in [0.3, 0.4) is 0 Å². The molecule has 0 amide bonds. The summed E-state index contributed by atoms with van der Waals surface area (Å²) in [4.78, 5) is 0. The Morgan fingerprint density at radius 3 is 2.69 bits per heavy atom. The molecule has 2 rings (SSSR count). The SMILES string of the molecule is Cc1ccc(C)c(OC2CCS(=O)(=O)C2)c1. The van der Waals surface area contributed by atoms with E-state index in [2.05, 4.69) is 0 Å².